The van der Waals surface area contributed by atoms with Gasteiger partial charge in [0.25, 0.3) is 0 Å². The molecule has 1 atom stereocenters. The lowest BCUT2D eigenvalue weighted by Gasteiger charge is -2.27. The maximum atomic E-state index is 13.0. The van der Waals surface area contributed by atoms with Crippen molar-refractivity contribution in [2.75, 3.05) is 13.2 Å². The van der Waals surface area contributed by atoms with Crippen LogP contribution in [-0.2, 0) is 4.74 Å². The van der Waals surface area contributed by atoms with Crippen LogP contribution in [0.1, 0.15) is 24.4 Å². The van der Waals surface area contributed by atoms with Crippen molar-refractivity contribution in [1.29, 1.82) is 0 Å². The SMILES string of the molecule is NC(c1ccc(F)c(Cl)c1)C1CCOCC1. The van der Waals surface area contributed by atoms with Crippen LogP contribution in [0, 0.1) is 11.7 Å². The van der Waals surface area contributed by atoms with Gasteiger partial charge in [0.1, 0.15) is 5.82 Å². The molecule has 1 fully saturated rings. The molecule has 0 aliphatic carbocycles. The zero-order valence-electron chi connectivity index (χ0n) is 8.96. The number of rotatable bonds is 2. The third-order valence-electron chi connectivity index (χ3n) is 3.10. The quantitative estimate of drug-likeness (QED) is 0.867. The molecular formula is C12H15ClFNO. The fourth-order valence-corrected chi connectivity index (χ4v) is 2.26. The number of halogens is 2. The van der Waals surface area contributed by atoms with E-state index in [1.54, 1.807) is 12.1 Å². The molecule has 1 aromatic carbocycles. The van der Waals surface area contributed by atoms with Crippen molar-refractivity contribution in [1.82, 2.24) is 0 Å². The molecule has 1 heterocycles. The third kappa shape index (κ3) is 2.54. The van der Waals surface area contributed by atoms with Crippen molar-refractivity contribution in [2.45, 2.75) is 18.9 Å². The summed E-state index contributed by atoms with van der Waals surface area (Å²) in [5.74, 6) is -0.000118. The van der Waals surface area contributed by atoms with Crippen LogP contribution < -0.4 is 5.73 Å². The van der Waals surface area contributed by atoms with Gasteiger partial charge in [-0.2, -0.15) is 0 Å². The first-order valence-corrected chi connectivity index (χ1v) is 5.84. The minimum absolute atomic E-state index is 0.0815. The second-order valence-electron chi connectivity index (χ2n) is 4.15. The monoisotopic (exact) mass is 243 g/mol. The molecule has 88 valence electrons. The average molecular weight is 244 g/mol. The lowest BCUT2D eigenvalue weighted by atomic mass is 9.88. The molecule has 1 unspecified atom stereocenters. The summed E-state index contributed by atoms with van der Waals surface area (Å²) in [4.78, 5) is 0. The minimum Gasteiger partial charge on any atom is -0.381 e. The predicted molar refractivity (Wildman–Crippen MR) is 61.9 cm³/mol. The van der Waals surface area contributed by atoms with Crippen LogP contribution >= 0.6 is 11.6 Å². The van der Waals surface area contributed by atoms with Crippen molar-refractivity contribution in [3.63, 3.8) is 0 Å². The lowest BCUT2D eigenvalue weighted by Crippen LogP contribution is -2.27. The van der Waals surface area contributed by atoms with E-state index in [-0.39, 0.29) is 11.1 Å². The average Bonchev–Trinajstić information content (AvgIpc) is 2.33. The van der Waals surface area contributed by atoms with Crippen LogP contribution in [-0.4, -0.2) is 13.2 Å². The van der Waals surface area contributed by atoms with E-state index in [0.717, 1.165) is 31.6 Å². The van der Waals surface area contributed by atoms with Crippen molar-refractivity contribution in [2.24, 2.45) is 11.7 Å². The van der Waals surface area contributed by atoms with Gasteiger partial charge in [0.15, 0.2) is 0 Å². The molecule has 16 heavy (non-hydrogen) atoms. The second-order valence-corrected chi connectivity index (χ2v) is 4.56. The third-order valence-corrected chi connectivity index (χ3v) is 3.39. The Hall–Kier alpha value is -0.640. The summed E-state index contributed by atoms with van der Waals surface area (Å²) in [6, 6.07) is 4.62. The molecule has 0 amide bonds. The molecule has 1 aliphatic heterocycles. The van der Waals surface area contributed by atoms with Gasteiger partial charge in [-0.15, -0.1) is 0 Å². The largest absolute Gasteiger partial charge is 0.381 e. The standard InChI is InChI=1S/C12H15ClFNO/c13-10-7-9(1-2-11(10)14)12(15)8-3-5-16-6-4-8/h1-2,7-8,12H,3-6,15H2. The lowest BCUT2D eigenvalue weighted by molar-refractivity contribution is 0.0584. The van der Waals surface area contributed by atoms with E-state index >= 15 is 0 Å². The van der Waals surface area contributed by atoms with E-state index in [4.69, 9.17) is 22.1 Å². The summed E-state index contributed by atoms with van der Waals surface area (Å²) in [5.41, 5.74) is 7.05. The number of hydrogen-bond acceptors (Lipinski definition) is 2. The fourth-order valence-electron chi connectivity index (χ4n) is 2.07. The van der Waals surface area contributed by atoms with E-state index in [0.29, 0.717) is 5.92 Å². The molecule has 2 nitrogen and oxygen atoms in total. The normalized spacial score (nSPS) is 19.7. The van der Waals surface area contributed by atoms with E-state index in [9.17, 15) is 4.39 Å². The van der Waals surface area contributed by atoms with Crippen LogP contribution in [0.15, 0.2) is 18.2 Å². The van der Waals surface area contributed by atoms with E-state index in [1.807, 2.05) is 0 Å². The first-order chi connectivity index (χ1) is 7.68. The molecule has 0 bridgehead atoms. The van der Waals surface area contributed by atoms with Gasteiger partial charge in [-0.25, -0.2) is 4.39 Å². The van der Waals surface area contributed by atoms with Gasteiger partial charge >= 0.3 is 0 Å². The Morgan fingerprint density at radius 2 is 2.06 bits per heavy atom. The zero-order chi connectivity index (χ0) is 11.5. The molecule has 1 saturated heterocycles. The summed E-state index contributed by atoms with van der Waals surface area (Å²) in [7, 11) is 0. The Morgan fingerprint density at radius 3 is 2.69 bits per heavy atom. The van der Waals surface area contributed by atoms with Gasteiger partial charge in [0, 0.05) is 19.3 Å². The highest BCUT2D eigenvalue weighted by molar-refractivity contribution is 6.30. The Bertz CT molecular complexity index is 366. The topological polar surface area (TPSA) is 35.2 Å². The van der Waals surface area contributed by atoms with E-state index < -0.39 is 5.82 Å². The smallest absolute Gasteiger partial charge is 0.141 e. The van der Waals surface area contributed by atoms with Crippen LogP contribution in [0.25, 0.3) is 0 Å². The van der Waals surface area contributed by atoms with Gasteiger partial charge in [0.2, 0.25) is 0 Å². The summed E-state index contributed by atoms with van der Waals surface area (Å²) in [6.07, 6.45) is 1.91. The van der Waals surface area contributed by atoms with Gasteiger partial charge < -0.3 is 10.5 Å². The highest BCUT2D eigenvalue weighted by atomic mass is 35.5. The Morgan fingerprint density at radius 1 is 1.38 bits per heavy atom. The molecule has 1 aromatic rings. The Labute approximate surface area is 99.5 Å². The zero-order valence-corrected chi connectivity index (χ0v) is 9.71. The highest BCUT2D eigenvalue weighted by Gasteiger charge is 2.22. The number of nitrogens with two attached hydrogens (primary N) is 1. The highest BCUT2D eigenvalue weighted by Crippen LogP contribution is 2.29. The fraction of sp³-hybridized carbons (Fsp3) is 0.500. The number of benzene rings is 1. The van der Waals surface area contributed by atoms with Crippen molar-refractivity contribution >= 4 is 11.6 Å². The van der Waals surface area contributed by atoms with Crippen LogP contribution in [0.4, 0.5) is 4.39 Å². The minimum atomic E-state index is -0.399. The van der Waals surface area contributed by atoms with Crippen molar-refractivity contribution in [3.05, 3.63) is 34.6 Å². The van der Waals surface area contributed by atoms with Crippen molar-refractivity contribution < 1.29 is 9.13 Å². The molecule has 0 radical (unpaired) electrons. The van der Waals surface area contributed by atoms with Crippen LogP contribution in [0.2, 0.25) is 5.02 Å². The van der Waals surface area contributed by atoms with Gasteiger partial charge in [-0.1, -0.05) is 17.7 Å². The molecule has 2 rings (SSSR count). The van der Waals surface area contributed by atoms with Crippen LogP contribution in [0.5, 0.6) is 0 Å². The summed E-state index contributed by atoms with van der Waals surface area (Å²) in [6.45, 7) is 1.51. The van der Waals surface area contributed by atoms with Crippen LogP contribution in [0.3, 0.4) is 0 Å². The molecule has 4 heteroatoms. The summed E-state index contributed by atoms with van der Waals surface area (Å²) >= 11 is 5.74. The molecule has 2 N–H and O–H groups in total. The maximum Gasteiger partial charge on any atom is 0.141 e. The Balaban J connectivity index is 2.12. The number of hydrogen-bond donors (Lipinski definition) is 1. The molecule has 0 saturated carbocycles. The molecule has 1 aliphatic rings. The maximum absolute atomic E-state index is 13.0. The number of ether oxygens (including phenoxy) is 1. The van der Waals surface area contributed by atoms with Crippen molar-refractivity contribution in [3.8, 4) is 0 Å². The first-order valence-electron chi connectivity index (χ1n) is 5.47. The molecule has 0 aromatic heterocycles. The van der Waals surface area contributed by atoms with Gasteiger partial charge in [-0.3, -0.25) is 0 Å². The van der Waals surface area contributed by atoms with E-state index in [2.05, 4.69) is 0 Å². The first kappa shape index (κ1) is 11.8. The summed E-state index contributed by atoms with van der Waals surface area (Å²) in [5, 5.41) is 0.139. The molecular weight excluding hydrogens is 229 g/mol. The van der Waals surface area contributed by atoms with Gasteiger partial charge in [-0.05, 0) is 36.5 Å². The van der Waals surface area contributed by atoms with E-state index in [1.165, 1.54) is 6.07 Å². The molecule has 0 spiro atoms. The Kier molecular flexibility index (Phi) is 3.79. The second kappa shape index (κ2) is 5.13. The van der Waals surface area contributed by atoms with Gasteiger partial charge in [0.05, 0.1) is 5.02 Å². The summed E-state index contributed by atoms with van der Waals surface area (Å²) < 4.78 is 18.3. The predicted octanol–water partition coefficient (Wildman–Crippen LogP) is 2.91.